The zero-order chi connectivity index (χ0) is 26.9. The van der Waals surface area contributed by atoms with Crippen molar-refractivity contribution in [2.45, 2.75) is 13.8 Å². The molecule has 0 bridgehead atoms. The van der Waals surface area contributed by atoms with E-state index in [1.54, 1.807) is 25.3 Å². The Morgan fingerprint density at radius 3 is 2.68 bits per heavy atom. The summed E-state index contributed by atoms with van der Waals surface area (Å²) >= 11 is 0. The number of aryl methyl sites for hydroxylation is 2. The molecule has 0 aliphatic carbocycles. The van der Waals surface area contributed by atoms with Crippen LogP contribution >= 0.6 is 0 Å². The van der Waals surface area contributed by atoms with Gasteiger partial charge in [-0.15, -0.1) is 0 Å². The molecule has 194 valence electrons. The van der Waals surface area contributed by atoms with Crippen LogP contribution in [0.25, 0.3) is 10.9 Å². The van der Waals surface area contributed by atoms with E-state index in [0.717, 1.165) is 39.2 Å². The van der Waals surface area contributed by atoms with Gasteiger partial charge in [0.05, 0.1) is 24.9 Å². The minimum absolute atomic E-state index is 0.197. The Kier molecular flexibility index (Phi) is 8.69. The molecule has 9 heteroatoms. The second kappa shape index (κ2) is 12.5. The topological polar surface area (TPSA) is 102 Å². The lowest BCUT2D eigenvalue weighted by Crippen LogP contribution is -2.39. The number of likely N-dealkylation sites (N-methyl/N-ethyl adjacent to an activating group) is 1. The van der Waals surface area contributed by atoms with E-state index in [4.69, 9.17) is 9.47 Å². The summed E-state index contributed by atoms with van der Waals surface area (Å²) in [5.41, 5.74) is 4.37. The molecule has 2 amide bonds. The number of urea groups is 1. The number of ether oxygens (including phenoxy) is 2. The normalized spacial score (nSPS) is 10.4. The summed E-state index contributed by atoms with van der Waals surface area (Å²) in [6, 6.07) is 15.2. The largest absolute Gasteiger partial charge is 0.455 e. The highest BCUT2D eigenvalue weighted by molar-refractivity contribution is 5.91. The van der Waals surface area contributed by atoms with Crippen LogP contribution < -0.4 is 15.4 Å². The maximum absolute atomic E-state index is 12.1. The Bertz CT molecular complexity index is 1480. The highest BCUT2D eigenvalue weighted by Crippen LogP contribution is 2.29. The Hall–Kier alpha value is -4.68. The number of hydrogen-bond donors (Lipinski definition) is 2. The van der Waals surface area contributed by atoms with Gasteiger partial charge < -0.3 is 25.0 Å². The predicted molar refractivity (Wildman–Crippen MR) is 148 cm³/mol. The molecular formula is C29H30N6O3. The van der Waals surface area contributed by atoms with E-state index in [2.05, 4.69) is 37.4 Å². The van der Waals surface area contributed by atoms with Crippen molar-refractivity contribution < 1.29 is 14.3 Å². The highest BCUT2D eigenvalue weighted by atomic mass is 16.5. The van der Waals surface area contributed by atoms with Gasteiger partial charge in [0.25, 0.3) is 0 Å². The summed E-state index contributed by atoms with van der Waals surface area (Å²) in [7, 11) is 3.31. The molecule has 0 fully saturated rings. The number of methoxy groups -OCH3 is 1. The summed E-state index contributed by atoms with van der Waals surface area (Å²) in [6.07, 6.45) is 3.24. The number of anilines is 2. The minimum Gasteiger partial charge on any atom is -0.455 e. The number of carbonyl (C=O) groups is 1. The minimum atomic E-state index is -0.197. The summed E-state index contributed by atoms with van der Waals surface area (Å²) in [6.45, 7) is 5.15. The number of nitrogens with one attached hydrogen (secondary N) is 2. The fourth-order valence-corrected chi connectivity index (χ4v) is 3.58. The van der Waals surface area contributed by atoms with Crippen molar-refractivity contribution in [1.29, 1.82) is 0 Å². The van der Waals surface area contributed by atoms with Crippen molar-refractivity contribution in [2.75, 3.05) is 39.2 Å². The van der Waals surface area contributed by atoms with Crippen LogP contribution in [0.15, 0.2) is 61.1 Å². The zero-order valence-corrected chi connectivity index (χ0v) is 21.9. The van der Waals surface area contributed by atoms with Crippen LogP contribution in [0.5, 0.6) is 11.5 Å². The maximum Gasteiger partial charge on any atom is 0.317 e. The molecule has 4 aromatic rings. The molecule has 0 saturated heterocycles. The lowest BCUT2D eigenvalue weighted by molar-refractivity contribution is 0.160. The number of aromatic nitrogens is 3. The SMILES string of the molecule is COCCN(C)C(=O)NCC#Cc1ccc2ncnc(Nc3ccc(Oc4ccc(C)nc4)c(C)c3)c2c1. The van der Waals surface area contributed by atoms with Crippen LogP contribution in [0.1, 0.15) is 16.8 Å². The van der Waals surface area contributed by atoms with E-state index in [0.29, 0.717) is 24.7 Å². The monoisotopic (exact) mass is 510 g/mol. The average molecular weight is 511 g/mol. The van der Waals surface area contributed by atoms with Crippen molar-refractivity contribution >= 4 is 28.4 Å². The van der Waals surface area contributed by atoms with E-state index in [1.165, 1.54) is 6.33 Å². The van der Waals surface area contributed by atoms with Crippen LogP contribution in [0, 0.1) is 25.7 Å². The third-order valence-corrected chi connectivity index (χ3v) is 5.72. The van der Waals surface area contributed by atoms with Crippen molar-refractivity contribution in [2.24, 2.45) is 0 Å². The summed E-state index contributed by atoms with van der Waals surface area (Å²) in [5, 5.41) is 7.00. The molecule has 0 aliphatic heterocycles. The quantitative estimate of drug-likeness (QED) is 0.328. The van der Waals surface area contributed by atoms with Gasteiger partial charge in [-0.25, -0.2) is 14.8 Å². The van der Waals surface area contributed by atoms with Crippen molar-refractivity contribution in [1.82, 2.24) is 25.2 Å². The van der Waals surface area contributed by atoms with Gasteiger partial charge in [0.15, 0.2) is 0 Å². The van der Waals surface area contributed by atoms with Crippen LogP contribution in [0.2, 0.25) is 0 Å². The van der Waals surface area contributed by atoms with Crippen LogP contribution in [0.4, 0.5) is 16.3 Å². The first-order chi connectivity index (χ1) is 18.4. The Morgan fingerprint density at radius 2 is 1.92 bits per heavy atom. The molecule has 0 aliphatic rings. The molecule has 0 atom stereocenters. The van der Waals surface area contributed by atoms with E-state index in [-0.39, 0.29) is 12.6 Å². The third kappa shape index (κ3) is 6.96. The van der Waals surface area contributed by atoms with Gasteiger partial charge in [0.1, 0.15) is 23.6 Å². The highest BCUT2D eigenvalue weighted by Gasteiger charge is 2.09. The maximum atomic E-state index is 12.1. The van der Waals surface area contributed by atoms with Gasteiger partial charge in [-0.3, -0.25) is 4.98 Å². The number of fused-ring (bicyclic) bond motifs is 1. The first-order valence-electron chi connectivity index (χ1n) is 12.1. The molecule has 0 spiro atoms. The van der Waals surface area contributed by atoms with Crippen molar-refractivity contribution in [3.63, 3.8) is 0 Å². The Balaban J connectivity index is 1.45. The lowest BCUT2D eigenvalue weighted by Gasteiger charge is -2.16. The van der Waals surface area contributed by atoms with Crippen molar-refractivity contribution in [3.8, 4) is 23.3 Å². The summed E-state index contributed by atoms with van der Waals surface area (Å²) in [5.74, 6) is 8.20. The number of nitrogens with zero attached hydrogens (tertiary/aromatic N) is 4. The fourth-order valence-electron chi connectivity index (χ4n) is 3.58. The van der Waals surface area contributed by atoms with E-state index < -0.39 is 0 Å². The average Bonchev–Trinajstić information content (AvgIpc) is 2.92. The summed E-state index contributed by atoms with van der Waals surface area (Å²) in [4.78, 5) is 26.7. The van der Waals surface area contributed by atoms with Crippen LogP contribution in [0.3, 0.4) is 0 Å². The molecule has 2 aromatic carbocycles. The number of rotatable bonds is 8. The fraction of sp³-hybridized carbons (Fsp3) is 0.241. The number of pyridine rings is 1. The number of benzene rings is 2. The number of hydrogen-bond acceptors (Lipinski definition) is 7. The van der Waals surface area contributed by atoms with Crippen LogP contribution in [-0.2, 0) is 4.74 Å². The molecule has 0 saturated carbocycles. The second-order valence-corrected chi connectivity index (χ2v) is 8.67. The van der Waals surface area contributed by atoms with Gasteiger partial charge >= 0.3 is 6.03 Å². The lowest BCUT2D eigenvalue weighted by atomic mass is 10.1. The Morgan fingerprint density at radius 1 is 1.05 bits per heavy atom. The molecule has 4 rings (SSSR count). The van der Waals surface area contributed by atoms with Gasteiger partial charge in [0.2, 0.25) is 0 Å². The van der Waals surface area contributed by atoms with E-state index in [1.807, 2.05) is 62.4 Å². The molecule has 0 radical (unpaired) electrons. The Labute approximate surface area is 222 Å². The third-order valence-electron chi connectivity index (χ3n) is 5.72. The molecule has 0 unspecified atom stereocenters. The van der Waals surface area contributed by atoms with E-state index in [9.17, 15) is 4.79 Å². The molecule has 38 heavy (non-hydrogen) atoms. The smallest absolute Gasteiger partial charge is 0.317 e. The first kappa shape index (κ1) is 26.4. The van der Waals surface area contributed by atoms with Gasteiger partial charge in [-0.05, 0) is 67.9 Å². The standard InChI is InChI=1S/C29H30N6O3/c1-20-16-23(9-12-27(20)38-24-10-7-21(2)31-18-24)34-28-25-17-22(8-11-26(25)32-19-33-28)6-5-13-30-29(36)35(3)14-15-37-4/h7-12,16-19H,13-15H2,1-4H3,(H,30,36)(H,32,33,34). The molecule has 2 N–H and O–H groups in total. The zero-order valence-electron chi connectivity index (χ0n) is 21.9. The first-order valence-corrected chi connectivity index (χ1v) is 12.1. The summed E-state index contributed by atoms with van der Waals surface area (Å²) < 4.78 is 11.0. The molecular weight excluding hydrogens is 480 g/mol. The number of amides is 2. The van der Waals surface area contributed by atoms with Gasteiger partial charge in [-0.2, -0.15) is 0 Å². The van der Waals surface area contributed by atoms with Crippen LogP contribution in [-0.4, -0.2) is 59.7 Å². The molecule has 2 heterocycles. The molecule has 9 nitrogen and oxygen atoms in total. The van der Waals surface area contributed by atoms with Crippen molar-refractivity contribution in [3.05, 3.63) is 77.9 Å². The van der Waals surface area contributed by atoms with E-state index >= 15 is 0 Å². The number of carbonyl (C=O) groups excluding carboxylic acids is 1. The van der Waals surface area contributed by atoms with Gasteiger partial charge in [-0.1, -0.05) is 11.8 Å². The van der Waals surface area contributed by atoms with Gasteiger partial charge in [0, 0.05) is 43.0 Å². The predicted octanol–water partition coefficient (Wildman–Crippen LogP) is 4.82. The second-order valence-electron chi connectivity index (χ2n) is 8.67. The molecule has 2 aromatic heterocycles.